The maximum atomic E-state index is 5.99. The van der Waals surface area contributed by atoms with Gasteiger partial charge in [-0.25, -0.2) is 4.98 Å². The van der Waals surface area contributed by atoms with Crippen LogP contribution in [0.1, 0.15) is 18.5 Å². The third-order valence-electron chi connectivity index (χ3n) is 5.44. The van der Waals surface area contributed by atoms with Crippen molar-refractivity contribution >= 4 is 22.5 Å². The first-order valence-corrected chi connectivity index (χ1v) is 10.3. The lowest BCUT2D eigenvalue weighted by Gasteiger charge is -2.28. The molecule has 0 N–H and O–H groups in total. The summed E-state index contributed by atoms with van der Waals surface area (Å²) < 4.78 is 11.5. The molecule has 7 heteroatoms. The number of rotatable bonds is 5. The molecule has 0 amide bonds. The van der Waals surface area contributed by atoms with Gasteiger partial charge in [0, 0.05) is 31.6 Å². The third-order valence-corrected chi connectivity index (χ3v) is 5.44. The number of ether oxygens (including phenoxy) is 2. The largest absolute Gasteiger partial charge is 0.457 e. The molecule has 3 aromatic rings. The first-order valence-electron chi connectivity index (χ1n) is 10.3. The second-order valence-electron chi connectivity index (χ2n) is 7.42. The Morgan fingerprint density at radius 1 is 0.828 bits per heavy atom. The van der Waals surface area contributed by atoms with Crippen LogP contribution in [-0.4, -0.2) is 54.3 Å². The molecular formula is C22H25N5O2. The zero-order chi connectivity index (χ0) is 19.5. The molecule has 2 aromatic heterocycles. The quantitative estimate of drug-likeness (QED) is 0.662. The number of aromatic nitrogens is 3. The van der Waals surface area contributed by atoms with Crippen LogP contribution < -0.4 is 14.5 Å². The Morgan fingerprint density at radius 2 is 1.66 bits per heavy atom. The van der Waals surface area contributed by atoms with Crippen molar-refractivity contribution in [2.45, 2.75) is 19.4 Å². The fraction of sp³-hybridized carbons (Fsp3) is 0.409. The number of anilines is 2. The fourth-order valence-corrected chi connectivity index (χ4v) is 3.93. The molecular weight excluding hydrogens is 366 g/mol. The highest BCUT2D eigenvalue weighted by atomic mass is 16.5. The normalized spacial score (nSPS) is 17.1. The van der Waals surface area contributed by atoms with E-state index in [1.807, 2.05) is 30.3 Å². The van der Waals surface area contributed by atoms with Crippen LogP contribution in [0, 0.1) is 0 Å². The number of hydrogen-bond acceptors (Lipinski definition) is 7. The highest BCUT2D eigenvalue weighted by Crippen LogP contribution is 2.27. The van der Waals surface area contributed by atoms with Crippen molar-refractivity contribution in [3.8, 4) is 6.01 Å². The van der Waals surface area contributed by atoms with Gasteiger partial charge in [-0.15, -0.1) is 0 Å². The van der Waals surface area contributed by atoms with Crippen molar-refractivity contribution < 1.29 is 9.47 Å². The number of hydrogen-bond donors (Lipinski definition) is 0. The van der Waals surface area contributed by atoms with Gasteiger partial charge in [-0.1, -0.05) is 18.2 Å². The zero-order valence-electron chi connectivity index (χ0n) is 16.5. The predicted octanol–water partition coefficient (Wildman–Crippen LogP) is 3.04. The predicted molar refractivity (Wildman–Crippen MR) is 113 cm³/mol. The van der Waals surface area contributed by atoms with Crippen molar-refractivity contribution in [2.24, 2.45) is 0 Å². The standard InChI is InChI=1S/C22H25N5O2/c1-2-8-19-18(7-1)21(27-12-14-28-15-13-27)25-22(24-19)29-16-17-6-5-9-20(23-17)26-10-3-4-11-26/h1-2,5-9H,3-4,10-16H2. The second-order valence-corrected chi connectivity index (χ2v) is 7.42. The maximum Gasteiger partial charge on any atom is 0.319 e. The summed E-state index contributed by atoms with van der Waals surface area (Å²) in [5.41, 5.74) is 1.77. The number of nitrogens with zero attached hydrogens (tertiary/aromatic N) is 5. The van der Waals surface area contributed by atoms with Gasteiger partial charge in [0.05, 0.1) is 24.4 Å². The Kier molecular flexibility index (Phi) is 5.13. The van der Waals surface area contributed by atoms with E-state index in [1.54, 1.807) is 0 Å². The van der Waals surface area contributed by atoms with E-state index in [4.69, 9.17) is 19.4 Å². The Balaban J connectivity index is 1.38. The molecule has 0 spiro atoms. The second kappa shape index (κ2) is 8.21. The first kappa shape index (κ1) is 18.1. The van der Waals surface area contributed by atoms with E-state index in [1.165, 1.54) is 12.8 Å². The lowest BCUT2D eigenvalue weighted by molar-refractivity contribution is 0.122. The van der Waals surface area contributed by atoms with Crippen LogP contribution in [0.2, 0.25) is 0 Å². The molecule has 0 radical (unpaired) electrons. The molecule has 29 heavy (non-hydrogen) atoms. The van der Waals surface area contributed by atoms with E-state index in [9.17, 15) is 0 Å². The van der Waals surface area contributed by atoms with Crippen molar-refractivity contribution in [2.75, 3.05) is 49.2 Å². The Hall–Kier alpha value is -2.93. The minimum atomic E-state index is 0.350. The van der Waals surface area contributed by atoms with Crippen molar-refractivity contribution in [3.63, 3.8) is 0 Å². The Bertz CT molecular complexity index is 984. The molecule has 2 saturated heterocycles. The topological polar surface area (TPSA) is 63.6 Å². The van der Waals surface area contributed by atoms with E-state index in [0.29, 0.717) is 25.8 Å². The van der Waals surface area contributed by atoms with Crippen molar-refractivity contribution in [1.29, 1.82) is 0 Å². The number of morpholine rings is 1. The molecule has 1 aromatic carbocycles. The van der Waals surface area contributed by atoms with E-state index in [2.05, 4.69) is 26.9 Å². The van der Waals surface area contributed by atoms with Gasteiger partial charge in [-0.3, -0.25) is 0 Å². The van der Waals surface area contributed by atoms with E-state index >= 15 is 0 Å². The lowest BCUT2D eigenvalue weighted by atomic mass is 10.2. The average Bonchev–Trinajstić information content (AvgIpc) is 3.33. The summed E-state index contributed by atoms with van der Waals surface area (Å²) in [4.78, 5) is 18.7. The first-order chi connectivity index (χ1) is 14.4. The van der Waals surface area contributed by atoms with Crippen LogP contribution in [0.4, 0.5) is 11.6 Å². The number of para-hydroxylation sites is 1. The van der Waals surface area contributed by atoms with Gasteiger partial charge in [-0.2, -0.15) is 9.97 Å². The molecule has 0 saturated carbocycles. The van der Waals surface area contributed by atoms with Crippen LogP contribution in [0.5, 0.6) is 6.01 Å². The SMILES string of the molecule is c1cc(COc2nc(N3CCOCC3)c3ccccc3n2)nc(N2CCCC2)c1. The van der Waals surface area contributed by atoms with Crippen LogP contribution in [0.25, 0.3) is 10.9 Å². The molecule has 0 atom stereocenters. The summed E-state index contributed by atoms with van der Waals surface area (Å²) in [6, 6.07) is 14.6. The number of benzene rings is 1. The molecule has 0 unspecified atom stereocenters. The Labute approximate surface area is 170 Å². The molecule has 5 rings (SSSR count). The summed E-state index contributed by atoms with van der Waals surface area (Å²) in [5.74, 6) is 1.93. The average molecular weight is 391 g/mol. The number of pyridine rings is 1. The molecule has 150 valence electrons. The minimum Gasteiger partial charge on any atom is -0.457 e. The maximum absolute atomic E-state index is 5.99. The van der Waals surface area contributed by atoms with Gasteiger partial charge >= 0.3 is 6.01 Å². The molecule has 2 aliphatic rings. The van der Waals surface area contributed by atoms with Crippen molar-refractivity contribution in [3.05, 3.63) is 48.2 Å². The summed E-state index contributed by atoms with van der Waals surface area (Å²) >= 11 is 0. The molecule has 7 nitrogen and oxygen atoms in total. The summed E-state index contributed by atoms with van der Waals surface area (Å²) in [6.45, 7) is 5.56. The fourth-order valence-electron chi connectivity index (χ4n) is 3.93. The monoisotopic (exact) mass is 391 g/mol. The molecule has 0 aliphatic carbocycles. The van der Waals surface area contributed by atoms with Gasteiger partial charge in [0.1, 0.15) is 18.2 Å². The summed E-state index contributed by atoms with van der Waals surface area (Å²) in [7, 11) is 0. The molecule has 4 heterocycles. The van der Waals surface area contributed by atoms with Crippen LogP contribution in [-0.2, 0) is 11.3 Å². The van der Waals surface area contributed by atoms with Gasteiger partial charge < -0.3 is 19.3 Å². The smallest absolute Gasteiger partial charge is 0.319 e. The van der Waals surface area contributed by atoms with Crippen LogP contribution in [0.15, 0.2) is 42.5 Å². The van der Waals surface area contributed by atoms with Crippen molar-refractivity contribution in [1.82, 2.24) is 15.0 Å². The highest BCUT2D eigenvalue weighted by Gasteiger charge is 2.18. The molecule has 0 bridgehead atoms. The van der Waals surface area contributed by atoms with Gasteiger partial charge in [-0.05, 0) is 37.1 Å². The third kappa shape index (κ3) is 3.96. The summed E-state index contributed by atoms with van der Waals surface area (Å²) in [6.07, 6.45) is 2.47. The molecule has 2 fully saturated rings. The van der Waals surface area contributed by atoms with E-state index in [-0.39, 0.29) is 0 Å². The van der Waals surface area contributed by atoms with Crippen LogP contribution in [0.3, 0.4) is 0 Å². The van der Waals surface area contributed by atoms with Gasteiger partial charge in [0.2, 0.25) is 0 Å². The minimum absolute atomic E-state index is 0.350. The number of fused-ring (bicyclic) bond motifs is 1. The summed E-state index contributed by atoms with van der Waals surface area (Å²) in [5, 5.41) is 1.04. The van der Waals surface area contributed by atoms with Gasteiger partial charge in [0.15, 0.2) is 0 Å². The zero-order valence-corrected chi connectivity index (χ0v) is 16.5. The van der Waals surface area contributed by atoms with E-state index < -0.39 is 0 Å². The molecule has 2 aliphatic heterocycles. The lowest BCUT2D eigenvalue weighted by Crippen LogP contribution is -2.37. The highest BCUT2D eigenvalue weighted by molar-refractivity contribution is 5.89. The Morgan fingerprint density at radius 3 is 2.52 bits per heavy atom. The van der Waals surface area contributed by atoms with E-state index in [0.717, 1.165) is 54.4 Å². The van der Waals surface area contributed by atoms with Crippen LogP contribution >= 0.6 is 0 Å². The van der Waals surface area contributed by atoms with Gasteiger partial charge in [0.25, 0.3) is 0 Å².